The van der Waals surface area contributed by atoms with Gasteiger partial charge < -0.3 is 10.2 Å². The predicted molar refractivity (Wildman–Crippen MR) is 65.1 cm³/mol. The fraction of sp³-hybridized carbons (Fsp3) is 0.538. The molecule has 0 radical (unpaired) electrons. The number of benzene rings is 1. The highest BCUT2D eigenvalue weighted by molar-refractivity contribution is 5.44. The van der Waals surface area contributed by atoms with E-state index in [-0.39, 0.29) is 5.69 Å². The molecule has 1 aromatic carbocycles. The Labute approximate surface area is 101 Å². The summed E-state index contributed by atoms with van der Waals surface area (Å²) in [4.78, 5) is 2.41. The molecule has 1 aromatic rings. The van der Waals surface area contributed by atoms with Gasteiger partial charge in [-0.05, 0) is 57.1 Å². The van der Waals surface area contributed by atoms with Gasteiger partial charge in [0.05, 0.1) is 5.69 Å². The second-order valence-electron chi connectivity index (χ2n) is 4.45. The van der Waals surface area contributed by atoms with Gasteiger partial charge in [0, 0.05) is 6.54 Å². The molecule has 2 rings (SSSR count). The quantitative estimate of drug-likeness (QED) is 0.796. The Morgan fingerprint density at radius 2 is 1.94 bits per heavy atom. The average molecular weight is 240 g/mol. The van der Waals surface area contributed by atoms with Crippen LogP contribution in [0.25, 0.3) is 0 Å². The highest BCUT2D eigenvalue weighted by Crippen LogP contribution is 2.15. The van der Waals surface area contributed by atoms with Crippen LogP contribution in [0.2, 0.25) is 0 Å². The van der Waals surface area contributed by atoms with E-state index in [2.05, 4.69) is 10.2 Å². The van der Waals surface area contributed by atoms with Gasteiger partial charge >= 0.3 is 0 Å². The molecule has 1 aliphatic rings. The summed E-state index contributed by atoms with van der Waals surface area (Å²) in [5.41, 5.74) is 0.256. The fourth-order valence-electron chi connectivity index (χ4n) is 2.16. The maximum absolute atomic E-state index is 13.3. The summed E-state index contributed by atoms with van der Waals surface area (Å²) in [5.74, 6) is -0.805. The predicted octanol–water partition coefficient (Wildman–Crippen LogP) is 2.86. The molecular weight excluding hydrogens is 222 g/mol. The summed E-state index contributed by atoms with van der Waals surface area (Å²) < 4.78 is 26.1. The molecule has 1 N–H and O–H groups in total. The van der Waals surface area contributed by atoms with Gasteiger partial charge in [-0.3, -0.25) is 0 Å². The Hall–Kier alpha value is -1.16. The van der Waals surface area contributed by atoms with E-state index in [1.54, 1.807) is 0 Å². The lowest BCUT2D eigenvalue weighted by atomic mass is 10.3. The lowest BCUT2D eigenvalue weighted by Crippen LogP contribution is -2.22. The Morgan fingerprint density at radius 3 is 2.71 bits per heavy atom. The lowest BCUT2D eigenvalue weighted by Gasteiger charge is -2.14. The number of nitrogens with one attached hydrogen (secondary N) is 1. The molecule has 0 bridgehead atoms. The van der Waals surface area contributed by atoms with Crippen molar-refractivity contribution in [2.75, 3.05) is 31.5 Å². The van der Waals surface area contributed by atoms with Gasteiger partial charge in [0.1, 0.15) is 11.6 Å². The third-order valence-corrected chi connectivity index (χ3v) is 3.09. The van der Waals surface area contributed by atoms with Crippen molar-refractivity contribution < 1.29 is 8.78 Å². The van der Waals surface area contributed by atoms with Crippen molar-refractivity contribution in [3.63, 3.8) is 0 Å². The number of hydrogen-bond donors (Lipinski definition) is 1. The van der Waals surface area contributed by atoms with E-state index in [0.717, 1.165) is 25.1 Å². The number of rotatable bonds is 5. The van der Waals surface area contributed by atoms with Crippen molar-refractivity contribution in [3.8, 4) is 0 Å². The number of likely N-dealkylation sites (tertiary alicyclic amines) is 1. The molecule has 0 saturated carbocycles. The second-order valence-corrected chi connectivity index (χ2v) is 4.45. The van der Waals surface area contributed by atoms with Crippen molar-refractivity contribution in [1.82, 2.24) is 4.90 Å². The number of nitrogens with zero attached hydrogens (tertiary/aromatic N) is 1. The summed E-state index contributed by atoms with van der Waals surface area (Å²) in [6.07, 6.45) is 3.52. The summed E-state index contributed by atoms with van der Waals surface area (Å²) in [6.45, 7) is 4.06. The van der Waals surface area contributed by atoms with Gasteiger partial charge in [0.25, 0.3) is 0 Å². The van der Waals surface area contributed by atoms with Crippen LogP contribution in [0.15, 0.2) is 18.2 Å². The monoisotopic (exact) mass is 240 g/mol. The van der Waals surface area contributed by atoms with Crippen molar-refractivity contribution in [1.29, 1.82) is 0 Å². The topological polar surface area (TPSA) is 15.3 Å². The van der Waals surface area contributed by atoms with Gasteiger partial charge in [0.15, 0.2) is 0 Å². The molecule has 17 heavy (non-hydrogen) atoms. The van der Waals surface area contributed by atoms with E-state index in [4.69, 9.17) is 0 Å². The van der Waals surface area contributed by atoms with Crippen LogP contribution < -0.4 is 5.32 Å². The van der Waals surface area contributed by atoms with Crippen LogP contribution >= 0.6 is 0 Å². The molecular formula is C13H18F2N2. The summed E-state index contributed by atoms with van der Waals surface area (Å²) in [5, 5.41) is 2.94. The van der Waals surface area contributed by atoms with Gasteiger partial charge in [0.2, 0.25) is 0 Å². The molecule has 1 fully saturated rings. The number of anilines is 1. The second kappa shape index (κ2) is 5.96. The largest absolute Gasteiger partial charge is 0.383 e. The van der Waals surface area contributed by atoms with Crippen LogP contribution in [-0.2, 0) is 0 Å². The number of halogens is 2. The molecule has 1 heterocycles. The van der Waals surface area contributed by atoms with Crippen molar-refractivity contribution in [3.05, 3.63) is 29.8 Å². The highest BCUT2D eigenvalue weighted by atomic mass is 19.1. The average Bonchev–Trinajstić information content (AvgIpc) is 2.82. The Kier molecular flexibility index (Phi) is 4.31. The van der Waals surface area contributed by atoms with E-state index in [1.807, 2.05) is 0 Å². The highest BCUT2D eigenvalue weighted by Gasteiger charge is 2.10. The molecule has 0 aliphatic carbocycles. The molecule has 0 aromatic heterocycles. The van der Waals surface area contributed by atoms with Crippen molar-refractivity contribution in [2.24, 2.45) is 0 Å². The molecule has 0 amide bonds. The van der Waals surface area contributed by atoms with Gasteiger partial charge in [-0.25, -0.2) is 8.78 Å². The minimum Gasteiger partial charge on any atom is -0.383 e. The zero-order valence-electron chi connectivity index (χ0n) is 9.88. The van der Waals surface area contributed by atoms with E-state index >= 15 is 0 Å². The molecule has 1 saturated heterocycles. The normalized spacial score (nSPS) is 16.4. The molecule has 1 aliphatic heterocycles. The van der Waals surface area contributed by atoms with Crippen LogP contribution in [0.3, 0.4) is 0 Å². The first-order valence-corrected chi connectivity index (χ1v) is 6.17. The smallest absolute Gasteiger partial charge is 0.146 e. The molecule has 0 atom stereocenters. The van der Waals surface area contributed by atoms with Gasteiger partial charge in [-0.2, -0.15) is 0 Å². The molecule has 2 nitrogen and oxygen atoms in total. The van der Waals surface area contributed by atoms with Crippen LogP contribution in [0.4, 0.5) is 14.5 Å². The lowest BCUT2D eigenvalue weighted by molar-refractivity contribution is 0.337. The number of hydrogen-bond acceptors (Lipinski definition) is 2. The van der Waals surface area contributed by atoms with Crippen LogP contribution in [-0.4, -0.2) is 31.1 Å². The summed E-state index contributed by atoms with van der Waals surface area (Å²) in [6, 6.07) is 3.48. The van der Waals surface area contributed by atoms with Gasteiger partial charge in [-0.15, -0.1) is 0 Å². The maximum atomic E-state index is 13.3. The van der Waals surface area contributed by atoms with Crippen LogP contribution in [0.5, 0.6) is 0 Å². The first-order chi connectivity index (χ1) is 8.25. The van der Waals surface area contributed by atoms with Crippen molar-refractivity contribution in [2.45, 2.75) is 19.3 Å². The Morgan fingerprint density at radius 1 is 1.18 bits per heavy atom. The standard InChI is InChI=1S/C13H18F2N2/c14-11-4-5-12(15)13(10-11)16-6-3-9-17-7-1-2-8-17/h4-5,10,16H,1-3,6-9H2. The third-order valence-electron chi connectivity index (χ3n) is 3.09. The fourth-order valence-corrected chi connectivity index (χ4v) is 2.16. The Bertz CT molecular complexity index is 362. The summed E-state index contributed by atoms with van der Waals surface area (Å²) >= 11 is 0. The first kappa shape index (κ1) is 12.3. The minimum atomic E-state index is -0.409. The van der Waals surface area contributed by atoms with E-state index < -0.39 is 11.6 Å². The van der Waals surface area contributed by atoms with Gasteiger partial charge in [-0.1, -0.05) is 0 Å². The summed E-state index contributed by atoms with van der Waals surface area (Å²) in [7, 11) is 0. The zero-order chi connectivity index (χ0) is 12.1. The Balaban J connectivity index is 1.72. The molecule has 4 heteroatoms. The van der Waals surface area contributed by atoms with Crippen LogP contribution in [0, 0.1) is 11.6 Å². The van der Waals surface area contributed by atoms with E-state index in [9.17, 15) is 8.78 Å². The van der Waals surface area contributed by atoms with Crippen LogP contribution in [0.1, 0.15) is 19.3 Å². The maximum Gasteiger partial charge on any atom is 0.146 e. The SMILES string of the molecule is Fc1ccc(F)c(NCCCN2CCCC2)c1. The van der Waals surface area contributed by atoms with E-state index in [1.165, 1.54) is 32.0 Å². The molecule has 0 spiro atoms. The minimum absolute atomic E-state index is 0.256. The van der Waals surface area contributed by atoms with Crippen molar-refractivity contribution >= 4 is 5.69 Å². The molecule has 0 unspecified atom stereocenters. The zero-order valence-corrected chi connectivity index (χ0v) is 9.88. The van der Waals surface area contributed by atoms with E-state index in [0.29, 0.717) is 6.54 Å². The first-order valence-electron chi connectivity index (χ1n) is 6.17. The third kappa shape index (κ3) is 3.66. The molecule has 94 valence electrons.